The summed E-state index contributed by atoms with van der Waals surface area (Å²) in [5, 5.41) is 9.62. The number of anilines is 2. The molecule has 0 aliphatic rings. The van der Waals surface area contributed by atoms with Gasteiger partial charge in [-0.2, -0.15) is 0 Å². The van der Waals surface area contributed by atoms with E-state index >= 15 is 0 Å². The standard InChI is InChI=1S/C35H34N8.Pd/c1-35(2,31-21-27(40(3)4)23-33(36-31)42-19-17-29(38-42)25-13-9-7-10-14-25)32-22-28(41(5)6)24-34(37-32)43-20-18-30(39-43)26-15-11-8-12-16-26;/h7-18,21-24H,1-6H3;/q-2;+2. The zero-order valence-corrected chi connectivity index (χ0v) is 27.2. The van der Waals surface area contributed by atoms with Crippen molar-refractivity contribution in [3.8, 4) is 34.2 Å². The Morgan fingerprint density at radius 1 is 0.591 bits per heavy atom. The van der Waals surface area contributed by atoms with Crippen LogP contribution in [0.5, 0.6) is 0 Å². The first-order valence-electron chi connectivity index (χ1n) is 14.2. The molecule has 224 valence electrons. The molecule has 4 aromatic heterocycles. The Bertz CT molecular complexity index is 1720. The topological polar surface area (TPSA) is 67.9 Å². The molecule has 0 spiro atoms. The van der Waals surface area contributed by atoms with Gasteiger partial charge in [0.2, 0.25) is 0 Å². The second-order valence-electron chi connectivity index (χ2n) is 11.4. The minimum absolute atomic E-state index is 0. The Labute approximate surface area is 272 Å². The summed E-state index contributed by atoms with van der Waals surface area (Å²) in [7, 11) is 8.11. The van der Waals surface area contributed by atoms with E-state index in [1.165, 1.54) is 0 Å². The number of hydrogen-bond donors (Lipinski definition) is 0. The van der Waals surface area contributed by atoms with Crippen molar-refractivity contribution in [1.29, 1.82) is 0 Å². The van der Waals surface area contributed by atoms with Crippen LogP contribution in [-0.4, -0.2) is 57.7 Å². The number of pyridine rings is 2. The Morgan fingerprint density at radius 2 is 0.977 bits per heavy atom. The zero-order chi connectivity index (χ0) is 30.1. The molecular formula is C35H34N8Pd. The average Bonchev–Trinajstić information content (AvgIpc) is 3.73. The molecule has 0 saturated carbocycles. The van der Waals surface area contributed by atoms with Gasteiger partial charge in [-0.25, -0.2) is 0 Å². The molecule has 0 unspecified atom stereocenters. The van der Waals surface area contributed by atoms with Gasteiger partial charge in [-0.05, 0) is 37.4 Å². The van der Waals surface area contributed by atoms with Crippen molar-refractivity contribution in [3.05, 3.63) is 121 Å². The third kappa shape index (κ3) is 6.21. The first-order valence-corrected chi connectivity index (χ1v) is 14.2. The van der Waals surface area contributed by atoms with E-state index in [1.807, 2.05) is 113 Å². The Balaban J connectivity index is 0.00000384. The normalized spacial score (nSPS) is 11.2. The van der Waals surface area contributed by atoms with Gasteiger partial charge in [0, 0.05) is 56.4 Å². The van der Waals surface area contributed by atoms with E-state index in [1.54, 1.807) is 9.36 Å². The van der Waals surface area contributed by atoms with Crippen molar-refractivity contribution in [2.45, 2.75) is 19.3 Å². The molecule has 0 saturated heterocycles. The fourth-order valence-corrected chi connectivity index (χ4v) is 4.82. The second kappa shape index (κ2) is 12.6. The van der Waals surface area contributed by atoms with Gasteiger partial charge >= 0.3 is 20.4 Å². The van der Waals surface area contributed by atoms with Gasteiger partial charge in [0.15, 0.2) is 0 Å². The summed E-state index contributed by atoms with van der Waals surface area (Å²) in [4.78, 5) is 14.4. The van der Waals surface area contributed by atoms with Gasteiger partial charge in [-0.15, -0.1) is 12.1 Å². The molecule has 44 heavy (non-hydrogen) atoms. The molecule has 8 nitrogen and oxygen atoms in total. The predicted octanol–water partition coefficient (Wildman–Crippen LogP) is 6.24. The molecule has 0 fully saturated rings. The maximum Gasteiger partial charge on any atom is 2.00 e. The van der Waals surface area contributed by atoms with E-state index in [2.05, 4.69) is 48.2 Å². The van der Waals surface area contributed by atoms with Crippen LogP contribution in [-0.2, 0) is 25.8 Å². The minimum atomic E-state index is -0.563. The molecule has 9 heteroatoms. The Morgan fingerprint density at radius 3 is 1.34 bits per heavy atom. The molecule has 0 amide bonds. The maximum atomic E-state index is 5.12. The molecule has 0 aliphatic heterocycles. The van der Waals surface area contributed by atoms with Crippen LogP contribution < -0.4 is 9.80 Å². The number of nitrogens with zero attached hydrogens (tertiary/aromatic N) is 8. The van der Waals surface area contributed by atoms with Crippen LogP contribution in [0.4, 0.5) is 11.4 Å². The summed E-state index contributed by atoms with van der Waals surface area (Å²) >= 11 is 0. The van der Waals surface area contributed by atoms with E-state index in [0.717, 1.165) is 45.3 Å². The molecular weight excluding hydrogens is 639 g/mol. The Kier molecular flexibility index (Phi) is 8.82. The van der Waals surface area contributed by atoms with E-state index < -0.39 is 5.41 Å². The molecule has 4 heterocycles. The first kappa shape index (κ1) is 30.9. The van der Waals surface area contributed by atoms with Gasteiger partial charge in [-0.1, -0.05) is 96.3 Å². The van der Waals surface area contributed by atoms with E-state index in [4.69, 9.17) is 20.2 Å². The summed E-state index contributed by atoms with van der Waals surface area (Å²) < 4.78 is 3.43. The van der Waals surface area contributed by atoms with Crippen molar-refractivity contribution < 1.29 is 20.4 Å². The molecule has 0 atom stereocenters. The van der Waals surface area contributed by atoms with Crippen molar-refractivity contribution in [2.24, 2.45) is 0 Å². The zero-order valence-electron chi connectivity index (χ0n) is 25.6. The van der Waals surface area contributed by atoms with Gasteiger partial charge in [0.05, 0.1) is 11.6 Å². The second-order valence-corrected chi connectivity index (χ2v) is 11.4. The van der Waals surface area contributed by atoms with Crippen LogP contribution in [0.15, 0.2) is 97.1 Å². The van der Waals surface area contributed by atoms with Crippen molar-refractivity contribution >= 4 is 11.4 Å². The summed E-state index contributed by atoms with van der Waals surface area (Å²) in [5.41, 5.74) is 6.93. The molecule has 6 rings (SSSR count). The minimum Gasteiger partial charge on any atom is -0.378 e. The van der Waals surface area contributed by atoms with E-state index in [9.17, 15) is 0 Å². The fourth-order valence-electron chi connectivity index (χ4n) is 4.82. The van der Waals surface area contributed by atoms with E-state index in [0.29, 0.717) is 11.6 Å². The van der Waals surface area contributed by atoms with Crippen LogP contribution in [0.1, 0.15) is 25.2 Å². The van der Waals surface area contributed by atoms with E-state index in [-0.39, 0.29) is 20.4 Å². The molecule has 0 bridgehead atoms. The summed E-state index contributed by atoms with van der Waals surface area (Å²) in [5.74, 6) is 1.38. The molecule has 0 N–H and O–H groups in total. The van der Waals surface area contributed by atoms with Crippen LogP contribution in [0.3, 0.4) is 0 Å². The third-order valence-corrected chi connectivity index (χ3v) is 7.54. The molecule has 0 aliphatic carbocycles. The summed E-state index contributed by atoms with van der Waals surface area (Å²) in [6.45, 7) is 4.29. The maximum absolute atomic E-state index is 5.12. The van der Waals surface area contributed by atoms with Crippen LogP contribution >= 0.6 is 0 Å². The summed E-state index contributed by atoms with van der Waals surface area (Å²) in [6.07, 6.45) is 6.52. The Hall–Kier alpha value is -4.58. The average molecular weight is 673 g/mol. The number of benzene rings is 2. The first-order chi connectivity index (χ1) is 20.7. The number of aromatic nitrogens is 6. The molecule has 0 radical (unpaired) electrons. The van der Waals surface area contributed by atoms with Crippen LogP contribution in [0.25, 0.3) is 34.2 Å². The SMILES string of the molecule is CN(C)c1cc(-n2[c-]cc(-c3ccccc3)n2)nc(C(C)(C)c2cc(N(C)C)cc(-n3[c-]cc(-c4ccccc4)n3)n2)c1.[Pd+2]. The van der Waals surface area contributed by atoms with Gasteiger partial charge < -0.3 is 19.2 Å². The van der Waals surface area contributed by atoms with Gasteiger partial charge in [0.1, 0.15) is 0 Å². The van der Waals surface area contributed by atoms with Crippen molar-refractivity contribution in [1.82, 2.24) is 29.5 Å². The fraction of sp³-hybridized carbons (Fsp3) is 0.200. The van der Waals surface area contributed by atoms with Crippen LogP contribution in [0.2, 0.25) is 0 Å². The quantitative estimate of drug-likeness (QED) is 0.141. The third-order valence-electron chi connectivity index (χ3n) is 7.54. The number of rotatable bonds is 8. The van der Waals surface area contributed by atoms with Gasteiger partial charge in [0.25, 0.3) is 0 Å². The van der Waals surface area contributed by atoms with Crippen LogP contribution in [0, 0.1) is 12.4 Å². The largest absolute Gasteiger partial charge is 2.00 e. The predicted molar refractivity (Wildman–Crippen MR) is 172 cm³/mol. The molecule has 2 aromatic carbocycles. The monoisotopic (exact) mass is 672 g/mol. The molecule has 6 aromatic rings. The van der Waals surface area contributed by atoms with Crippen molar-refractivity contribution in [2.75, 3.05) is 38.0 Å². The van der Waals surface area contributed by atoms with Gasteiger partial charge in [-0.3, -0.25) is 20.2 Å². The summed E-state index contributed by atoms with van der Waals surface area (Å²) in [6, 6.07) is 32.2. The number of hydrogen-bond acceptors (Lipinski definition) is 6. The smallest absolute Gasteiger partial charge is 0.378 e. The van der Waals surface area contributed by atoms with Crippen molar-refractivity contribution in [3.63, 3.8) is 0 Å².